The van der Waals surface area contributed by atoms with Crippen molar-refractivity contribution in [2.45, 2.75) is 31.7 Å². The van der Waals surface area contributed by atoms with Gasteiger partial charge in [-0.3, -0.25) is 4.79 Å². The van der Waals surface area contributed by atoms with Crippen molar-refractivity contribution in [3.05, 3.63) is 0 Å². The Morgan fingerprint density at radius 2 is 2.18 bits per heavy atom. The van der Waals surface area contributed by atoms with Gasteiger partial charge in [0.25, 0.3) is 0 Å². The molecule has 5 nitrogen and oxygen atoms in total. The molecule has 6 heteroatoms. The minimum absolute atomic E-state index is 0.0393. The second-order valence-electron chi connectivity index (χ2n) is 4.95. The van der Waals surface area contributed by atoms with Gasteiger partial charge in [0.1, 0.15) is 0 Å². The number of amides is 1. The van der Waals surface area contributed by atoms with Gasteiger partial charge in [-0.1, -0.05) is 0 Å². The van der Waals surface area contributed by atoms with Crippen LogP contribution in [0, 0.1) is 5.92 Å². The van der Waals surface area contributed by atoms with E-state index < -0.39 is 9.84 Å². The van der Waals surface area contributed by atoms with Gasteiger partial charge in [0.2, 0.25) is 5.91 Å². The van der Waals surface area contributed by atoms with Gasteiger partial charge in [-0.25, -0.2) is 8.42 Å². The fraction of sp³-hybridized carbons (Fsp3) is 0.909. The largest absolute Gasteiger partial charge is 0.381 e. The van der Waals surface area contributed by atoms with Crippen LogP contribution in [-0.2, 0) is 19.4 Å². The molecule has 0 spiro atoms. The lowest BCUT2D eigenvalue weighted by Crippen LogP contribution is -2.37. The summed E-state index contributed by atoms with van der Waals surface area (Å²) in [4.78, 5) is 11.7. The van der Waals surface area contributed by atoms with E-state index in [0.29, 0.717) is 25.4 Å². The average molecular weight is 261 g/mol. The summed E-state index contributed by atoms with van der Waals surface area (Å²) in [7, 11) is -2.91. The standard InChI is InChI=1S/C11H19NO4S/c13-11(6-9-2-1-4-16-7-9)12-10-3-5-17(14,15)8-10/h9-10H,1-8H2,(H,12,13). The molecule has 2 rings (SSSR count). The van der Waals surface area contributed by atoms with Gasteiger partial charge < -0.3 is 10.1 Å². The Kier molecular flexibility index (Phi) is 4.04. The second-order valence-corrected chi connectivity index (χ2v) is 7.18. The topological polar surface area (TPSA) is 72.5 Å². The molecule has 2 fully saturated rings. The van der Waals surface area contributed by atoms with Gasteiger partial charge in [-0.2, -0.15) is 0 Å². The Morgan fingerprint density at radius 1 is 1.35 bits per heavy atom. The summed E-state index contributed by atoms with van der Waals surface area (Å²) in [5.74, 6) is 0.550. The molecule has 0 aromatic carbocycles. The van der Waals surface area contributed by atoms with Crippen molar-refractivity contribution in [1.82, 2.24) is 5.32 Å². The summed E-state index contributed by atoms with van der Waals surface area (Å²) in [6, 6.07) is -0.183. The lowest BCUT2D eigenvalue weighted by atomic mass is 9.98. The Hall–Kier alpha value is -0.620. The summed E-state index contributed by atoms with van der Waals surface area (Å²) >= 11 is 0. The molecular weight excluding hydrogens is 242 g/mol. The van der Waals surface area contributed by atoms with E-state index in [1.807, 2.05) is 0 Å². The molecular formula is C11H19NO4S. The maximum absolute atomic E-state index is 11.7. The van der Waals surface area contributed by atoms with E-state index in [0.717, 1.165) is 19.4 Å². The monoisotopic (exact) mass is 261 g/mol. The Balaban J connectivity index is 1.74. The van der Waals surface area contributed by atoms with Crippen molar-refractivity contribution in [1.29, 1.82) is 0 Å². The lowest BCUT2D eigenvalue weighted by Gasteiger charge is -2.22. The number of nitrogens with one attached hydrogen (secondary N) is 1. The number of hydrogen-bond donors (Lipinski definition) is 1. The number of ether oxygens (including phenoxy) is 1. The van der Waals surface area contributed by atoms with Gasteiger partial charge >= 0.3 is 0 Å². The van der Waals surface area contributed by atoms with Crippen molar-refractivity contribution < 1.29 is 17.9 Å². The SMILES string of the molecule is O=C(CC1CCCOC1)NC1CCS(=O)(=O)C1. The summed E-state index contributed by atoms with van der Waals surface area (Å²) in [6.45, 7) is 1.44. The fourth-order valence-corrected chi connectivity index (χ4v) is 4.10. The van der Waals surface area contributed by atoms with Crippen LogP contribution in [0.1, 0.15) is 25.7 Å². The van der Waals surface area contributed by atoms with Crippen LogP contribution < -0.4 is 5.32 Å². The molecule has 17 heavy (non-hydrogen) atoms. The quantitative estimate of drug-likeness (QED) is 0.782. The maximum atomic E-state index is 11.7. The highest BCUT2D eigenvalue weighted by atomic mass is 32.2. The molecule has 2 aliphatic rings. The molecule has 2 heterocycles. The molecule has 2 aliphatic heterocycles. The Bertz CT molecular complexity index is 373. The van der Waals surface area contributed by atoms with Crippen molar-refractivity contribution in [3.8, 4) is 0 Å². The average Bonchev–Trinajstić information content (AvgIpc) is 2.59. The fourth-order valence-electron chi connectivity index (χ4n) is 2.43. The Labute approximate surface area is 102 Å². The van der Waals surface area contributed by atoms with Gasteiger partial charge in [0, 0.05) is 25.7 Å². The zero-order valence-corrected chi connectivity index (χ0v) is 10.7. The highest BCUT2D eigenvalue weighted by Gasteiger charge is 2.29. The van der Waals surface area contributed by atoms with Gasteiger partial charge in [0.05, 0.1) is 11.5 Å². The number of carbonyl (C=O) groups excluding carboxylic acids is 1. The zero-order valence-electron chi connectivity index (χ0n) is 9.85. The first-order valence-corrected chi connectivity index (χ1v) is 7.95. The highest BCUT2D eigenvalue weighted by molar-refractivity contribution is 7.91. The molecule has 0 aromatic heterocycles. The smallest absolute Gasteiger partial charge is 0.220 e. The van der Waals surface area contributed by atoms with E-state index in [4.69, 9.17) is 4.74 Å². The lowest BCUT2D eigenvalue weighted by molar-refractivity contribution is -0.123. The molecule has 0 saturated carbocycles. The van der Waals surface area contributed by atoms with Crippen LogP contribution in [0.15, 0.2) is 0 Å². The first-order chi connectivity index (χ1) is 8.05. The first-order valence-electron chi connectivity index (χ1n) is 6.13. The molecule has 0 aromatic rings. The highest BCUT2D eigenvalue weighted by Crippen LogP contribution is 2.18. The molecule has 0 radical (unpaired) electrons. The summed E-state index contributed by atoms with van der Waals surface area (Å²) in [6.07, 6.45) is 3.04. The maximum Gasteiger partial charge on any atom is 0.220 e. The van der Waals surface area contributed by atoms with Crippen LogP contribution in [-0.4, -0.2) is 45.1 Å². The normalized spacial score (nSPS) is 32.2. The van der Waals surface area contributed by atoms with Crippen LogP contribution in [0.3, 0.4) is 0 Å². The number of rotatable bonds is 3. The molecule has 0 bridgehead atoms. The molecule has 1 amide bonds. The minimum atomic E-state index is -2.91. The van der Waals surface area contributed by atoms with Crippen LogP contribution >= 0.6 is 0 Å². The minimum Gasteiger partial charge on any atom is -0.381 e. The van der Waals surface area contributed by atoms with E-state index >= 15 is 0 Å². The summed E-state index contributed by atoms with van der Waals surface area (Å²) in [5.41, 5.74) is 0. The third kappa shape index (κ3) is 3.96. The number of hydrogen-bond acceptors (Lipinski definition) is 4. The molecule has 2 unspecified atom stereocenters. The van der Waals surface area contributed by atoms with Crippen molar-refractivity contribution in [2.24, 2.45) is 5.92 Å². The van der Waals surface area contributed by atoms with Crippen molar-refractivity contribution in [3.63, 3.8) is 0 Å². The predicted molar refractivity (Wildman–Crippen MR) is 63.4 cm³/mol. The zero-order chi connectivity index (χ0) is 12.3. The van der Waals surface area contributed by atoms with Crippen LogP contribution in [0.4, 0.5) is 0 Å². The van der Waals surface area contributed by atoms with Crippen molar-refractivity contribution in [2.75, 3.05) is 24.7 Å². The first kappa shape index (κ1) is 12.8. The van der Waals surface area contributed by atoms with Crippen LogP contribution in [0.25, 0.3) is 0 Å². The van der Waals surface area contributed by atoms with E-state index in [1.165, 1.54) is 0 Å². The third-order valence-corrected chi connectivity index (χ3v) is 5.09. The summed E-state index contributed by atoms with van der Waals surface area (Å²) in [5, 5.41) is 2.81. The molecule has 0 aliphatic carbocycles. The predicted octanol–water partition coefficient (Wildman–Crippen LogP) is 0.106. The second kappa shape index (κ2) is 5.35. The van der Waals surface area contributed by atoms with Crippen LogP contribution in [0.2, 0.25) is 0 Å². The summed E-state index contributed by atoms with van der Waals surface area (Å²) < 4.78 is 27.8. The van der Waals surface area contributed by atoms with E-state index in [-0.39, 0.29) is 23.5 Å². The third-order valence-electron chi connectivity index (χ3n) is 3.33. The molecule has 1 N–H and O–H groups in total. The Morgan fingerprint density at radius 3 is 2.76 bits per heavy atom. The van der Waals surface area contributed by atoms with Gasteiger partial charge in [-0.05, 0) is 25.2 Å². The van der Waals surface area contributed by atoms with E-state index in [1.54, 1.807) is 0 Å². The van der Waals surface area contributed by atoms with Gasteiger partial charge in [0.15, 0.2) is 9.84 Å². The number of carbonyl (C=O) groups is 1. The molecule has 2 atom stereocenters. The van der Waals surface area contributed by atoms with Gasteiger partial charge in [-0.15, -0.1) is 0 Å². The van der Waals surface area contributed by atoms with E-state index in [9.17, 15) is 13.2 Å². The molecule has 2 saturated heterocycles. The molecule has 98 valence electrons. The van der Waals surface area contributed by atoms with Crippen molar-refractivity contribution >= 4 is 15.7 Å². The number of sulfone groups is 1. The van der Waals surface area contributed by atoms with E-state index in [2.05, 4.69) is 5.32 Å². The van der Waals surface area contributed by atoms with Crippen LogP contribution in [0.5, 0.6) is 0 Å².